The molecular weight excluding hydrogens is 347 g/mol. The zero-order valence-electron chi connectivity index (χ0n) is 16.4. The number of nitrogens with zero attached hydrogens (tertiary/aromatic N) is 2. The fourth-order valence-corrected chi connectivity index (χ4v) is 5.10. The Labute approximate surface area is 161 Å². The van der Waals surface area contributed by atoms with Crippen LogP contribution in [0.15, 0.2) is 48.7 Å². The second-order valence-corrected chi connectivity index (χ2v) is 8.06. The molecule has 0 atom stereocenters. The Balaban J connectivity index is 2.17. The topological polar surface area (TPSA) is 8.29 Å². The van der Waals surface area contributed by atoms with Crippen LogP contribution in [-0.4, -0.2) is 4.40 Å². The molecule has 2 nitrogen and oxygen atoms in total. The van der Waals surface area contributed by atoms with Crippen molar-refractivity contribution in [1.29, 1.82) is 0 Å². The van der Waals surface area contributed by atoms with Crippen LogP contribution in [0.5, 0.6) is 0 Å². The molecule has 0 N–H and O–H groups in total. The van der Waals surface area contributed by atoms with Crippen LogP contribution in [0.4, 0.5) is 4.39 Å². The van der Waals surface area contributed by atoms with E-state index in [9.17, 15) is 4.39 Å². The third-order valence-corrected chi connectivity index (χ3v) is 6.46. The van der Waals surface area contributed by atoms with Gasteiger partial charge < -0.3 is 4.40 Å². The van der Waals surface area contributed by atoms with Crippen molar-refractivity contribution < 1.29 is 8.96 Å². The summed E-state index contributed by atoms with van der Waals surface area (Å²) in [5.74, 6) is -0.197. The van der Waals surface area contributed by atoms with Gasteiger partial charge >= 0.3 is 0 Å². The van der Waals surface area contributed by atoms with Crippen molar-refractivity contribution in [3.05, 3.63) is 71.2 Å². The lowest BCUT2D eigenvalue weighted by atomic mass is 9.96. The highest BCUT2D eigenvalue weighted by Crippen LogP contribution is 2.42. The molecule has 28 heavy (non-hydrogen) atoms. The van der Waals surface area contributed by atoms with Gasteiger partial charge in [-0.2, -0.15) is 0 Å². The van der Waals surface area contributed by atoms with Gasteiger partial charge in [0.05, 0.1) is 27.3 Å². The maximum absolute atomic E-state index is 14.6. The zero-order valence-corrected chi connectivity index (χ0v) is 16.4. The lowest BCUT2D eigenvalue weighted by molar-refractivity contribution is -0.643. The molecule has 0 aliphatic carbocycles. The summed E-state index contributed by atoms with van der Waals surface area (Å²) in [5.41, 5.74) is 8.26. The van der Waals surface area contributed by atoms with Gasteiger partial charge in [-0.1, -0.05) is 12.1 Å². The van der Waals surface area contributed by atoms with Crippen molar-refractivity contribution >= 4 is 49.0 Å². The van der Waals surface area contributed by atoms with E-state index in [1.54, 1.807) is 12.1 Å². The minimum atomic E-state index is -0.197. The summed E-state index contributed by atoms with van der Waals surface area (Å²) in [6.07, 6.45) is 2.04. The molecule has 0 saturated heterocycles. The van der Waals surface area contributed by atoms with E-state index in [0.717, 1.165) is 21.8 Å². The van der Waals surface area contributed by atoms with Crippen LogP contribution < -0.4 is 4.57 Å². The molecule has 0 spiro atoms. The third kappa shape index (κ3) is 1.70. The second-order valence-electron chi connectivity index (χ2n) is 8.06. The molecule has 0 aliphatic rings. The van der Waals surface area contributed by atoms with Gasteiger partial charge in [0.25, 0.3) is 0 Å². The highest BCUT2D eigenvalue weighted by atomic mass is 19.1. The van der Waals surface area contributed by atoms with E-state index in [1.165, 1.54) is 43.9 Å². The Morgan fingerprint density at radius 2 is 1.68 bits per heavy atom. The molecule has 0 aliphatic heterocycles. The number of aromatic nitrogens is 2. The summed E-state index contributed by atoms with van der Waals surface area (Å²) in [5, 5.41) is 5.83. The van der Waals surface area contributed by atoms with E-state index in [4.69, 9.17) is 0 Å². The summed E-state index contributed by atoms with van der Waals surface area (Å²) < 4.78 is 19.1. The van der Waals surface area contributed by atoms with Crippen LogP contribution in [0, 0.1) is 26.6 Å². The van der Waals surface area contributed by atoms with E-state index >= 15 is 0 Å². The van der Waals surface area contributed by atoms with Gasteiger partial charge in [-0.15, -0.1) is 0 Å². The maximum atomic E-state index is 14.6. The van der Waals surface area contributed by atoms with Gasteiger partial charge in [0.15, 0.2) is 6.20 Å². The molecule has 0 amide bonds. The number of aryl methyl sites for hydroxylation is 4. The smallest absolute Gasteiger partial charge is 0.224 e. The normalized spacial score (nSPS) is 12.5. The Kier molecular flexibility index (Phi) is 2.82. The predicted molar refractivity (Wildman–Crippen MR) is 114 cm³/mol. The molecule has 3 heterocycles. The standard InChI is InChI=1S/C25H20FN2/c1-13-6-5-7-19-21(13)18-10-14(2)15(3)22-24(18)28(19)20-12-17(26)11-16-8-9-27(4)25(22)23(16)20/h5-12H,1-4H3/q+1. The summed E-state index contributed by atoms with van der Waals surface area (Å²) in [6.45, 7) is 6.55. The fraction of sp³-hybridized carbons (Fsp3) is 0.160. The first-order valence-corrected chi connectivity index (χ1v) is 9.64. The molecule has 0 radical (unpaired) electrons. The van der Waals surface area contributed by atoms with Crippen LogP contribution in [-0.2, 0) is 7.05 Å². The van der Waals surface area contributed by atoms with Crippen LogP contribution in [0.1, 0.15) is 16.7 Å². The van der Waals surface area contributed by atoms with Gasteiger partial charge in [-0.25, -0.2) is 8.96 Å². The molecule has 3 aromatic carbocycles. The van der Waals surface area contributed by atoms with Crippen molar-refractivity contribution in [2.45, 2.75) is 20.8 Å². The Bertz CT molecular complexity index is 1600. The fourth-order valence-electron chi connectivity index (χ4n) is 5.10. The molecule has 3 heteroatoms. The summed E-state index contributed by atoms with van der Waals surface area (Å²) >= 11 is 0. The van der Waals surface area contributed by atoms with Crippen LogP contribution in [0.3, 0.4) is 0 Å². The number of pyridine rings is 2. The Morgan fingerprint density at radius 3 is 2.50 bits per heavy atom. The summed E-state index contributed by atoms with van der Waals surface area (Å²) in [7, 11) is 2.08. The highest BCUT2D eigenvalue weighted by Gasteiger charge is 2.25. The van der Waals surface area contributed by atoms with E-state index in [1.807, 2.05) is 12.3 Å². The van der Waals surface area contributed by atoms with Crippen molar-refractivity contribution in [2.24, 2.45) is 7.05 Å². The molecule has 3 aromatic heterocycles. The van der Waals surface area contributed by atoms with Crippen molar-refractivity contribution in [3.8, 4) is 0 Å². The predicted octanol–water partition coefficient (Wildman–Crippen LogP) is 5.88. The molecule has 0 bridgehead atoms. The lowest BCUT2D eigenvalue weighted by Gasteiger charge is -2.14. The number of fused-ring (bicyclic) bond motifs is 5. The number of hydrogen-bond acceptors (Lipinski definition) is 0. The van der Waals surface area contributed by atoms with E-state index in [-0.39, 0.29) is 5.82 Å². The van der Waals surface area contributed by atoms with Crippen molar-refractivity contribution in [2.75, 3.05) is 0 Å². The largest absolute Gasteiger partial charge is 0.307 e. The van der Waals surface area contributed by atoms with Gasteiger partial charge in [0.2, 0.25) is 5.52 Å². The molecular formula is C25H20FN2+. The average Bonchev–Trinajstić information content (AvgIpc) is 2.99. The molecule has 6 rings (SSSR count). The van der Waals surface area contributed by atoms with Gasteiger partial charge in [-0.05, 0) is 67.1 Å². The van der Waals surface area contributed by atoms with E-state index in [0.29, 0.717) is 0 Å². The summed E-state index contributed by atoms with van der Waals surface area (Å²) in [6, 6.07) is 14.0. The average molecular weight is 367 g/mol. The minimum absolute atomic E-state index is 0.197. The number of hydrogen-bond donors (Lipinski definition) is 0. The second kappa shape index (κ2) is 4.99. The van der Waals surface area contributed by atoms with E-state index < -0.39 is 0 Å². The minimum Gasteiger partial charge on any atom is -0.307 e. The first-order chi connectivity index (χ1) is 13.5. The SMILES string of the molecule is Cc1cc2c3c(C)cccc3n3c4cc(F)cc5cc[n+](C)c(c(c1C)c23)c54. The number of halogens is 1. The van der Waals surface area contributed by atoms with E-state index in [2.05, 4.69) is 61.1 Å². The first kappa shape index (κ1) is 15.8. The first-order valence-electron chi connectivity index (χ1n) is 9.64. The zero-order chi connectivity index (χ0) is 19.3. The quantitative estimate of drug-likeness (QED) is 0.180. The summed E-state index contributed by atoms with van der Waals surface area (Å²) in [4.78, 5) is 0. The number of rotatable bonds is 0. The molecule has 6 aromatic rings. The lowest BCUT2D eigenvalue weighted by Crippen LogP contribution is -2.29. The maximum Gasteiger partial charge on any atom is 0.224 e. The van der Waals surface area contributed by atoms with Crippen LogP contribution >= 0.6 is 0 Å². The number of benzene rings is 3. The Hall–Kier alpha value is -3.20. The van der Waals surface area contributed by atoms with Gasteiger partial charge in [0.1, 0.15) is 12.9 Å². The monoisotopic (exact) mass is 367 g/mol. The highest BCUT2D eigenvalue weighted by molar-refractivity contribution is 6.26. The molecule has 0 unspecified atom stereocenters. The molecule has 0 fully saturated rings. The van der Waals surface area contributed by atoms with Crippen LogP contribution in [0.2, 0.25) is 0 Å². The van der Waals surface area contributed by atoms with Gasteiger partial charge in [-0.3, -0.25) is 0 Å². The molecule has 0 saturated carbocycles. The Morgan fingerprint density at radius 1 is 0.857 bits per heavy atom. The van der Waals surface area contributed by atoms with Gasteiger partial charge in [0, 0.05) is 16.8 Å². The van der Waals surface area contributed by atoms with Crippen molar-refractivity contribution in [3.63, 3.8) is 0 Å². The van der Waals surface area contributed by atoms with Crippen LogP contribution in [0.25, 0.3) is 49.0 Å². The van der Waals surface area contributed by atoms with Crippen molar-refractivity contribution in [1.82, 2.24) is 4.40 Å². The molecule has 136 valence electrons. The third-order valence-electron chi connectivity index (χ3n) is 6.46.